The van der Waals surface area contributed by atoms with Gasteiger partial charge in [-0.2, -0.15) is 0 Å². The minimum atomic E-state index is -0.372. The molecule has 5 aromatic carbocycles. The third kappa shape index (κ3) is 8.98. The molecule has 7 rings (SSSR count). The number of nitrogen functional groups attached to an aromatic ring is 2. The van der Waals surface area contributed by atoms with Gasteiger partial charge in [-0.25, -0.2) is 19.6 Å². The Bertz CT molecular complexity index is 2620. The van der Waals surface area contributed by atoms with Crippen molar-refractivity contribution >= 4 is 68.2 Å². The summed E-state index contributed by atoms with van der Waals surface area (Å²) in [5.41, 5.74) is 26.5. The predicted molar refractivity (Wildman–Crippen MR) is 231 cm³/mol. The molecule has 294 valence electrons. The molecule has 0 amide bonds. The van der Waals surface area contributed by atoms with Crippen LogP contribution in [-0.2, 0) is 14.3 Å². The number of rotatable bonds is 13. The number of aromatic nitrogens is 2. The number of benzene rings is 5. The van der Waals surface area contributed by atoms with E-state index < -0.39 is 0 Å². The van der Waals surface area contributed by atoms with Crippen molar-refractivity contribution in [3.8, 4) is 5.69 Å². The summed E-state index contributed by atoms with van der Waals surface area (Å²) in [7, 11) is 0. The number of hydrogen-bond acceptors (Lipinski definition) is 8. The standard InChI is InChI=1S/C48H48N6O4/c1-30-23-35(52-41-25-32(3)39(49)28-42(41)51-34-15-9-7-10-16-34)19-20-37(30)47(55)57-21-13-5-6-14-22-58-48(56)38-27-45-43(24-31(38)2)53-44-26-33(4)40(50)29-46(44)54(45)36-17-11-8-12-18-36/h7-12,15-18,20,23-29,50-51H,5-6,13-14,19,21-22,49H2,1-4H3/p+2. The van der Waals surface area contributed by atoms with E-state index in [0.717, 1.165) is 85.6 Å². The molecule has 58 heavy (non-hydrogen) atoms. The van der Waals surface area contributed by atoms with Crippen molar-refractivity contribution in [1.82, 2.24) is 4.98 Å². The molecule has 0 fully saturated rings. The van der Waals surface area contributed by atoms with Crippen LogP contribution in [0.15, 0.2) is 125 Å². The Morgan fingerprint density at radius 3 is 2.02 bits per heavy atom. The smallest absolute Gasteiger partial charge is 0.338 e. The summed E-state index contributed by atoms with van der Waals surface area (Å²) in [6, 6.07) is 31.8. The molecule has 1 aromatic heterocycles. The topological polar surface area (TPSA) is 150 Å². The summed E-state index contributed by atoms with van der Waals surface area (Å²) in [5.74, 6) is -0.701. The van der Waals surface area contributed by atoms with Crippen molar-refractivity contribution in [1.29, 1.82) is 0 Å². The van der Waals surface area contributed by atoms with Crippen LogP contribution in [0.1, 0.15) is 66.1 Å². The van der Waals surface area contributed by atoms with E-state index in [-0.39, 0.29) is 11.9 Å². The van der Waals surface area contributed by atoms with E-state index in [0.29, 0.717) is 55.0 Å². The molecule has 0 saturated heterocycles. The van der Waals surface area contributed by atoms with E-state index in [4.69, 9.17) is 30.9 Å². The number of nitrogens with two attached hydrogens (primary N) is 3. The Labute approximate surface area is 338 Å². The van der Waals surface area contributed by atoms with Crippen LogP contribution in [-0.4, -0.2) is 35.8 Å². The van der Waals surface area contributed by atoms with Crippen LogP contribution in [0.4, 0.5) is 28.4 Å². The van der Waals surface area contributed by atoms with Crippen LogP contribution < -0.4 is 21.4 Å². The summed E-state index contributed by atoms with van der Waals surface area (Å²) < 4.78 is 13.5. The fourth-order valence-electron chi connectivity index (χ4n) is 7.19. The van der Waals surface area contributed by atoms with Crippen molar-refractivity contribution in [3.05, 3.63) is 143 Å². The normalized spacial score (nSPS) is 13.4. The number of aliphatic imine (C=N–C) groups is 1. The Balaban J connectivity index is 0.897. The maximum absolute atomic E-state index is 13.4. The van der Waals surface area contributed by atoms with Gasteiger partial charge in [-0.05, 0) is 112 Å². The molecule has 0 bridgehead atoms. The minimum absolute atomic E-state index is 0.295. The number of esters is 2. The predicted octanol–water partition coefficient (Wildman–Crippen LogP) is 8.59. The van der Waals surface area contributed by atoms with E-state index in [1.54, 1.807) is 0 Å². The number of para-hydroxylation sites is 2. The second kappa shape index (κ2) is 17.7. The van der Waals surface area contributed by atoms with Gasteiger partial charge in [0, 0.05) is 53.8 Å². The average molecular weight is 775 g/mol. The lowest BCUT2D eigenvalue weighted by Crippen LogP contribution is -2.71. The monoisotopic (exact) mass is 774 g/mol. The number of carbonyl (C=O) groups is 2. The molecule has 6 N–H and O–H groups in total. The van der Waals surface area contributed by atoms with Gasteiger partial charge >= 0.3 is 11.9 Å². The third-order valence-corrected chi connectivity index (χ3v) is 10.5. The van der Waals surface area contributed by atoms with Gasteiger partial charge in [-0.3, -0.25) is 5.32 Å². The Morgan fingerprint density at radius 1 is 0.724 bits per heavy atom. The molecule has 10 heteroatoms. The van der Waals surface area contributed by atoms with Crippen molar-refractivity contribution in [3.63, 3.8) is 0 Å². The van der Waals surface area contributed by atoms with Crippen LogP contribution in [0.3, 0.4) is 0 Å². The molecule has 1 aliphatic rings. The van der Waals surface area contributed by atoms with E-state index in [9.17, 15) is 9.59 Å². The highest BCUT2D eigenvalue weighted by molar-refractivity contribution is 6.05. The van der Waals surface area contributed by atoms with E-state index >= 15 is 0 Å². The zero-order chi connectivity index (χ0) is 40.8. The average Bonchev–Trinajstić information content (AvgIpc) is 3.21. The van der Waals surface area contributed by atoms with Crippen LogP contribution in [0.25, 0.3) is 27.8 Å². The number of anilines is 2. The largest absolute Gasteiger partial charge is 0.462 e. The van der Waals surface area contributed by atoms with Gasteiger partial charge < -0.3 is 20.9 Å². The second-order valence-electron chi connectivity index (χ2n) is 14.9. The van der Waals surface area contributed by atoms with Gasteiger partial charge in [0.1, 0.15) is 22.4 Å². The Kier molecular flexibility index (Phi) is 12.0. The molecule has 0 unspecified atom stereocenters. The first-order valence-electron chi connectivity index (χ1n) is 19.8. The number of allylic oxidation sites excluding steroid dienone is 2. The first kappa shape index (κ1) is 39.6. The number of unbranched alkanes of at least 4 members (excludes halogenated alkanes) is 3. The van der Waals surface area contributed by atoms with Crippen LogP contribution >= 0.6 is 0 Å². The van der Waals surface area contributed by atoms with Gasteiger partial charge in [-0.1, -0.05) is 42.5 Å². The van der Waals surface area contributed by atoms with Crippen molar-refractivity contribution in [2.24, 2.45) is 4.99 Å². The van der Waals surface area contributed by atoms with Gasteiger partial charge in [0.05, 0.1) is 24.4 Å². The lowest BCUT2D eigenvalue weighted by Gasteiger charge is -2.14. The number of fused-ring (bicyclic) bond motifs is 2. The summed E-state index contributed by atoms with van der Waals surface area (Å²) >= 11 is 0. The minimum Gasteiger partial charge on any atom is -0.462 e. The van der Waals surface area contributed by atoms with Crippen LogP contribution in [0.2, 0.25) is 0 Å². The van der Waals surface area contributed by atoms with Crippen LogP contribution in [0.5, 0.6) is 0 Å². The van der Waals surface area contributed by atoms with Gasteiger partial charge in [0.25, 0.3) is 0 Å². The van der Waals surface area contributed by atoms with Crippen molar-refractivity contribution < 1.29 is 28.9 Å². The fraction of sp³-hybridized carbons (Fsp3) is 0.229. The lowest BCUT2D eigenvalue weighted by atomic mass is 9.98. The number of carbonyl (C=O) groups excluding carboxylic acids is 2. The van der Waals surface area contributed by atoms with E-state index in [1.165, 1.54) is 0 Å². The van der Waals surface area contributed by atoms with E-state index in [1.807, 2.05) is 137 Å². The quantitative estimate of drug-likeness (QED) is 0.0350. The van der Waals surface area contributed by atoms with Gasteiger partial charge in [-0.15, -0.1) is 4.57 Å². The molecule has 0 saturated carbocycles. The number of ether oxygens (including phenoxy) is 2. The first-order valence-corrected chi connectivity index (χ1v) is 19.8. The van der Waals surface area contributed by atoms with Crippen molar-refractivity contribution in [2.75, 3.05) is 24.7 Å². The molecule has 0 atom stereocenters. The summed E-state index contributed by atoms with van der Waals surface area (Å²) in [6.45, 7) is 8.37. The molecule has 0 radical (unpaired) electrons. The fourth-order valence-corrected chi connectivity index (χ4v) is 7.19. The number of hydrogen-bond donors (Lipinski definition) is 3. The molecule has 1 heterocycles. The molecular formula is C48H50N6O4+2. The Hall–Kier alpha value is -6.65. The zero-order valence-corrected chi connectivity index (χ0v) is 33.5. The lowest BCUT2D eigenvalue weighted by molar-refractivity contribution is -0.538. The molecule has 10 nitrogen and oxygen atoms in total. The van der Waals surface area contributed by atoms with Gasteiger partial charge in [0.2, 0.25) is 16.7 Å². The summed E-state index contributed by atoms with van der Waals surface area (Å²) in [4.78, 5) is 36.3. The molecule has 1 aliphatic carbocycles. The van der Waals surface area contributed by atoms with Gasteiger partial charge in [0.15, 0.2) is 5.69 Å². The van der Waals surface area contributed by atoms with Crippen molar-refractivity contribution in [2.45, 2.75) is 59.8 Å². The molecular weight excluding hydrogens is 725 g/mol. The highest BCUT2D eigenvalue weighted by atomic mass is 16.5. The highest BCUT2D eigenvalue weighted by Crippen LogP contribution is 2.30. The number of nitrogens with zero attached hydrogens (tertiary/aromatic N) is 3. The zero-order valence-electron chi connectivity index (χ0n) is 33.5. The summed E-state index contributed by atoms with van der Waals surface area (Å²) in [5, 5.41) is 2.07. The first-order chi connectivity index (χ1) is 28.0. The maximum Gasteiger partial charge on any atom is 0.338 e. The maximum atomic E-state index is 13.4. The highest BCUT2D eigenvalue weighted by Gasteiger charge is 2.24. The SMILES string of the molecule is CC1=CC(=Nc2cc(C)c(N)cc2[NH2+]c2ccccc2)CC=C1C(=O)OCCCCCCOC(=O)c1cc2c(cc1C)nc1cc(C)c(N)cc1[n+]2-c1ccccc1. The number of aryl methyl sites for hydroxylation is 3. The van der Waals surface area contributed by atoms with E-state index in [2.05, 4.69) is 9.88 Å². The van der Waals surface area contributed by atoms with Crippen LogP contribution in [0, 0.1) is 20.8 Å². The second-order valence-corrected chi connectivity index (χ2v) is 14.9. The number of quaternary nitrogens is 1. The molecule has 0 aliphatic heterocycles. The third-order valence-electron chi connectivity index (χ3n) is 10.5. The molecule has 0 spiro atoms. The summed E-state index contributed by atoms with van der Waals surface area (Å²) in [6.07, 6.45) is 7.45. The Morgan fingerprint density at radius 2 is 1.33 bits per heavy atom. The molecule has 6 aromatic rings.